The Balaban J connectivity index is 1.22. The van der Waals surface area contributed by atoms with Crippen LogP contribution in [-0.4, -0.2) is 34.4 Å². The number of likely N-dealkylation sites (tertiary alicyclic amines) is 1. The summed E-state index contributed by atoms with van der Waals surface area (Å²) in [6.45, 7) is 1.91. The Morgan fingerprint density at radius 1 is 0.824 bits per heavy atom. The molecule has 0 radical (unpaired) electrons. The van der Waals surface area contributed by atoms with Gasteiger partial charge in [0.2, 0.25) is 11.8 Å². The summed E-state index contributed by atoms with van der Waals surface area (Å²) in [5.74, 6) is 0.331. The molecule has 2 aromatic carbocycles. The number of aromatic nitrogens is 1. The van der Waals surface area contributed by atoms with Crippen LogP contribution < -0.4 is 10.9 Å². The second-order valence-corrected chi connectivity index (χ2v) is 9.32. The van der Waals surface area contributed by atoms with Gasteiger partial charge in [-0.15, -0.1) is 0 Å². The lowest BCUT2D eigenvalue weighted by atomic mass is 9.83. The Morgan fingerprint density at radius 3 is 2.18 bits per heavy atom. The van der Waals surface area contributed by atoms with Crippen molar-refractivity contribution in [1.29, 1.82) is 0 Å². The van der Waals surface area contributed by atoms with Crippen molar-refractivity contribution in [2.75, 3.05) is 13.1 Å². The smallest absolute Gasteiger partial charge is 0.250 e. The molecule has 174 valence electrons. The number of fused-ring (bicyclic) bond motifs is 4. The number of hydrogen-bond acceptors (Lipinski definition) is 3. The van der Waals surface area contributed by atoms with Crippen molar-refractivity contribution in [2.24, 2.45) is 5.92 Å². The molecule has 2 bridgehead atoms. The Bertz CT molecular complexity index is 1180. The first-order valence-corrected chi connectivity index (χ1v) is 12.0. The van der Waals surface area contributed by atoms with Crippen molar-refractivity contribution in [2.45, 2.75) is 37.8 Å². The zero-order valence-corrected chi connectivity index (χ0v) is 19.1. The van der Waals surface area contributed by atoms with Crippen LogP contribution in [0.2, 0.25) is 0 Å². The first kappa shape index (κ1) is 22.1. The molecule has 2 amide bonds. The Labute approximate surface area is 199 Å². The van der Waals surface area contributed by atoms with E-state index in [0.717, 1.165) is 23.2 Å². The Morgan fingerprint density at radius 2 is 1.50 bits per heavy atom. The van der Waals surface area contributed by atoms with Crippen LogP contribution in [0.15, 0.2) is 83.7 Å². The predicted octanol–water partition coefficient (Wildman–Crippen LogP) is 3.48. The zero-order valence-electron chi connectivity index (χ0n) is 19.1. The molecule has 1 aromatic heterocycles. The highest BCUT2D eigenvalue weighted by molar-refractivity contribution is 5.84. The number of benzene rings is 2. The summed E-state index contributed by atoms with van der Waals surface area (Å²) in [6.07, 6.45) is 1.34. The first-order valence-electron chi connectivity index (χ1n) is 12.0. The van der Waals surface area contributed by atoms with Crippen LogP contribution in [0.5, 0.6) is 0 Å². The van der Waals surface area contributed by atoms with Crippen molar-refractivity contribution < 1.29 is 9.59 Å². The standard InChI is InChI=1S/C28H29N3O3/c32-25(29-28(21-8-3-1-4-9-21)22-10-5-2-6-11-22)14-15-26(33)30-17-20-16-23(19-30)24-12-7-13-27(34)31(24)18-20/h1-13,20,23,28H,14-19H2,(H,29,32)/t20-,23+/m0/s1. The molecule has 3 aromatic rings. The third-order valence-electron chi connectivity index (χ3n) is 6.97. The van der Waals surface area contributed by atoms with E-state index in [0.29, 0.717) is 19.6 Å². The van der Waals surface area contributed by atoms with Crippen molar-refractivity contribution in [3.63, 3.8) is 0 Å². The van der Waals surface area contributed by atoms with E-state index in [9.17, 15) is 14.4 Å². The number of nitrogens with zero attached hydrogens (tertiary/aromatic N) is 2. The van der Waals surface area contributed by atoms with Gasteiger partial charge in [-0.25, -0.2) is 0 Å². The molecule has 2 aliphatic rings. The van der Waals surface area contributed by atoms with E-state index in [-0.39, 0.29) is 48.1 Å². The average Bonchev–Trinajstić information content (AvgIpc) is 2.87. The maximum absolute atomic E-state index is 13.0. The summed E-state index contributed by atoms with van der Waals surface area (Å²) in [7, 11) is 0. The van der Waals surface area contributed by atoms with Crippen LogP contribution in [0.1, 0.15) is 48.0 Å². The van der Waals surface area contributed by atoms with Crippen LogP contribution in [0.3, 0.4) is 0 Å². The number of carbonyl (C=O) groups is 2. The molecule has 1 saturated heterocycles. The molecule has 1 N–H and O–H groups in total. The summed E-state index contributed by atoms with van der Waals surface area (Å²) in [5.41, 5.74) is 3.07. The minimum atomic E-state index is -0.255. The van der Waals surface area contributed by atoms with E-state index in [2.05, 4.69) is 5.32 Å². The predicted molar refractivity (Wildman–Crippen MR) is 130 cm³/mol. The molecular weight excluding hydrogens is 426 g/mol. The molecule has 6 nitrogen and oxygen atoms in total. The van der Waals surface area contributed by atoms with Crippen molar-refractivity contribution in [3.8, 4) is 0 Å². The van der Waals surface area contributed by atoms with Crippen LogP contribution in [-0.2, 0) is 16.1 Å². The highest BCUT2D eigenvalue weighted by Crippen LogP contribution is 2.35. The molecule has 0 aliphatic carbocycles. The monoisotopic (exact) mass is 455 g/mol. The number of nitrogens with one attached hydrogen (secondary N) is 1. The van der Waals surface area contributed by atoms with Gasteiger partial charge in [0.05, 0.1) is 6.04 Å². The molecular formula is C28H29N3O3. The molecule has 2 aliphatic heterocycles. The normalized spacial score (nSPS) is 18.9. The zero-order chi connectivity index (χ0) is 23.5. The van der Waals surface area contributed by atoms with Crippen LogP contribution in [0.25, 0.3) is 0 Å². The van der Waals surface area contributed by atoms with E-state index in [1.54, 1.807) is 12.1 Å². The van der Waals surface area contributed by atoms with E-state index in [1.165, 1.54) is 0 Å². The van der Waals surface area contributed by atoms with Crippen LogP contribution in [0, 0.1) is 5.92 Å². The number of pyridine rings is 1. The highest BCUT2D eigenvalue weighted by atomic mass is 16.2. The lowest BCUT2D eigenvalue weighted by Crippen LogP contribution is -2.49. The maximum atomic E-state index is 13.0. The lowest BCUT2D eigenvalue weighted by molar-refractivity contribution is -0.136. The van der Waals surface area contributed by atoms with Gasteiger partial charge in [-0.1, -0.05) is 66.7 Å². The lowest BCUT2D eigenvalue weighted by Gasteiger charge is -2.42. The second kappa shape index (κ2) is 9.67. The molecule has 2 atom stereocenters. The molecule has 6 heteroatoms. The van der Waals surface area contributed by atoms with Crippen molar-refractivity contribution >= 4 is 11.8 Å². The topological polar surface area (TPSA) is 71.4 Å². The van der Waals surface area contributed by atoms with Gasteiger partial charge >= 0.3 is 0 Å². The van der Waals surface area contributed by atoms with Gasteiger partial charge in [-0.05, 0) is 29.5 Å². The summed E-state index contributed by atoms with van der Waals surface area (Å²) >= 11 is 0. The van der Waals surface area contributed by atoms with E-state index in [4.69, 9.17) is 0 Å². The maximum Gasteiger partial charge on any atom is 0.250 e. The number of amides is 2. The summed E-state index contributed by atoms with van der Waals surface area (Å²) in [6, 6.07) is 24.9. The number of piperidine rings is 1. The Kier molecular flexibility index (Phi) is 6.30. The molecule has 1 fully saturated rings. The summed E-state index contributed by atoms with van der Waals surface area (Å²) in [4.78, 5) is 40.0. The van der Waals surface area contributed by atoms with Gasteiger partial charge in [0.15, 0.2) is 0 Å². The van der Waals surface area contributed by atoms with Crippen LogP contribution >= 0.6 is 0 Å². The third-order valence-corrected chi connectivity index (χ3v) is 6.97. The van der Waals surface area contributed by atoms with Crippen molar-refractivity contribution in [1.82, 2.24) is 14.8 Å². The van der Waals surface area contributed by atoms with Crippen LogP contribution in [0.4, 0.5) is 0 Å². The number of hydrogen-bond donors (Lipinski definition) is 1. The number of rotatable bonds is 6. The van der Waals surface area contributed by atoms with E-state index >= 15 is 0 Å². The number of carbonyl (C=O) groups excluding carboxylic acids is 2. The third kappa shape index (κ3) is 4.67. The average molecular weight is 456 g/mol. The van der Waals surface area contributed by atoms with Gasteiger partial charge < -0.3 is 14.8 Å². The molecule has 0 spiro atoms. The van der Waals surface area contributed by atoms with E-state index in [1.807, 2.05) is 76.2 Å². The Hall–Kier alpha value is -3.67. The van der Waals surface area contributed by atoms with Crippen molar-refractivity contribution in [3.05, 3.63) is 106 Å². The fourth-order valence-corrected chi connectivity index (χ4v) is 5.36. The van der Waals surface area contributed by atoms with Gasteiger partial charge in [-0.3, -0.25) is 14.4 Å². The van der Waals surface area contributed by atoms with Gasteiger partial charge in [0.25, 0.3) is 5.56 Å². The largest absolute Gasteiger partial charge is 0.345 e. The second-order valence-electron chi connectivity index (χ2n) is 9.32. The van der Waals surface area contributed by atoms with Gasteiger partial charge in [0.1, 0.15) is 0 Å². The summed E-state index contributed by atoms with van der Waals surface area (Å²) in [5, 5.41) is 3.12. The fraction of sp³-hybridized carbons (Fsp3) is 0.321. The highest BCUT2D eigenvalue weighted by Gasteiger charge is 2.36. The molecule has 3 heterocycles. The fourth-order valence-electron chi connectivity index (χ4n) is 5.36. The summed E-state index contributed by atoms with van der Waals surface area (Å²) < 4.78 is 1.86. The minimum absolute atomic E-state index is 0.00699. The minimum Gasteiger partial charge on any atom is -0.345 e. The quantitative estimate of drug-likeness (QED) is 0.619. The molecule has 0 unspecified atom stereocenters. The van der Waals surface area contributed by atoms with E-state index < -0.39 is 0 Å². The van der Waals surface area contributed by atoms with Gasteiger partial charge in [-0.2, -0.15) is 0 Å². The molecule has 0 saturated carbocycles. The SMILES string of the molecule is O=C(CCC(=O)N1C[C@@H]2C[C@H](C1)c1cccc(=O)n1C2)NC(c1ccccc1)c1ccccc1. The molecule has 5 rings (SSSR count). The molecule has 34 heavy (non-hydrogen) atoms. The first-order chi connectivity index (χ1) is 16.6. The van der Waals surface area contributed by atoms with Gasteiger partial charge in [0, 0.05) is 50.2 Å².